The molecule has 2 aromatic rings. The van der Waals surface area contributed by atoms with Crippen LogP contribution in [0.4, 0.5) is 5.69 Å². The third kappa shape index (κ3) is 5.83. The van der Waals surface area contributed by atoms with Gasteiger partial charge >= 0.3 is 0 Å². The maximum Gasteiger partial charge on any atom is 0.258 e. The Morgan fingerprint density at radius 2 is 1.94 bits per heavy atom. The van der Waals surface area contributed by atoms with Crippen molar-refractivity contribution in [1.29, 1.82) is 0 Å². The summed E-state index contributed by atoms with van der Waals surface area (Å²) in [6.07, 6.45) is 1.15. The first-order chi connectivity index (χ1) is 15.1. The van der Waals surface area contributed by atoms with E-state index < -0.39 is 0 Å². The predicted molar refractivity (Wildman–Crippen MR) is 118 cm³/mol. The van der Waals surface area contributed by atoms with Gasteiger partial charge in [0.15, 0.2) is 6.61 Å². The largest absolute Gasteiger partial charge is 0.484 e. The lowest BCUT2D eigenvalue weighted by Crippen LogP contribution is -2.44. The number of ether oxygens (including phenoxy) is 2. The van der Waals surface area contributed by atoms with E-state index in [0.717, 1.165) is 49.7 Å². The molecule has 0 aromatic heterocycles. The molecule has 2 aliphatic rings. The van der Waals surface area contributed by atoms with E-state index in [1.54, 1.807) is 6.07 Å². The SMILES string of the molecule is Cc1ccc([C@H](CN2CCOCC2)NC(=O)COc2ccc3c(c2)CCC(=O)N3)cc1. The van der Waals surface area contributed by atoms with Gasteiger partial charge in [0.2, 0.25) is 5.91 Å². The lowest BCUT2D eigenvalue weighted by molar-refractivity contribution is -0.124. The smallest absolute Gasteiger partial charge is 0.258 e. The topological polar surface area (TPSA) is 79.9 Å². The van der Waals surface area contributed by atoms with Crippen molar-refractivity contribution in [2.75, 3.05) is 44.8 Å². The molecule has 2 amide bonds. The Labute approximate surface area is 182 Å². The fraction of sp³-hybridized carbons (Fsp3) is 0.417. The van der Waals surface area contributed by atoms with Crippen LogP contribution in [0, 0.1) is 6.92 Å². The van der Waals surface area contributed by atoms with Gasteiger partial charge in [-0.25, -0.2) is 0 Å². The molecular formula is C24H29N3O4. The molecule has 31 heavy (non-hydrogen) atoms. The number of benzene rings is 2. The van der Waals surface area contributed by atoms with Gasteiger partial charge in [-0.3, -0.25) is 14.5 Å². The zero-order chi connectivity index (χ0) is 21.6. The summed E-state index contributed by atoms with van der Waals surface area (Å²) in [6.45, 7) is 5.89. The number of aryl methyl sites for hydroxylation is 2. The second-order valence-corrected chi connectivity index (χ2v) is 8.10. The Kier molecular flexibility index (Phi) is 6.84. The van der Waals surface area contributed by atoms with Crippen LogP contribution in [0.15, 0.2) is 42.5 Å². The van der Waals surface area contributed by atoms with Gasteiger partial charge in [-0.05, 0) is 42.7 Å². The van der Waals surface area contributed by atoms with Crippen LogP contribution in [0.25, 0.3) is 0 Å². The van der Waals surface area contributed by atoms with E-state index in [0.29, 0.717) is 18.6 Å². The summed E-state index contributed by atoms with van der Waals surface area (Å²) in [5.74, 6) is 0.498. The Morgan fingerprint density at radius 3 is 2.71 bits per heavy atom. The van der Waals surface area contributed by atoms with Gasteiger partial charge in [-0.15, -0.1) is 0 Å². The van der Waals surface area contributed by atoms with Crippen LogP contribution in [0.5, 0.6) is 5.75 Å². The first kappa shape index (κ1) is 21.3. The highest BCUT2D eigenvalue weighted by molar-refractivity contribution is 5.94. The van der Waals surface area contributed by atoms with Crippen molar-refractivity contribution in [2.24, 2.45) is 0 Å². The van der Waals surface area contributed by atoms with Crippen LogP contribution in [0.1, 0.15) is 29.2 Å². The molecule has 0 saturated carbocycles. The van der Waals surface area contributed by atoms with E-state index in [9.17, 15) is 9.59 Å². The van der Waals surface area contributed by atoms with Gasteiger partial charge in [-0.2, -0.15) is 0 Å². The molecule has 0 unspecified atom stereocenters. The summed E-state index contributed by atoms with van der Waals surface area (Å²) in [7, 11) is 0. The molecule has 2 aliphatic heterocycles. The van der Waals surface area contributed by atoms with Gasteiger partial charge in [0.05, 0.1) is 19.3 Å². The number of nitrogens with zero attached hydrogens (tertiary/aromatic N) is 1. The number of morpholine rings is 1. The van der Waals surface area contributed by atoms with Crippen LogP contribution < -0.4 is 15.4 Å². The Bertz CT molecular complexity index is 923. The normalized spacial score (nSPS) is 17.4. The summed E-state index contributed by atoms with van der Waals surface area (Å²) in [5.41, 5.74) is 4.11. The Balaban J connectivity index is 1.37. The molecule has 4 rings (SSSR count). The molecule has 2 aromatic carbocycles. The van der Waals surface area contributed by atoms with E-state index >= 15 is 0 Å². The highest BCUT2D eigenvalue weighted by Gasteiger charge is 2.21. The van der Waals surface area contributed by atoms with Crippen LogP contribution in [0.2, 0.25) is 0 Å². The second-order valence-electron chi connectivity index (χ2n) is 8.10. The average Bonchev–Trinajstić information content (AvgIpc) is 2.78. The number of nitrogens with one attached hydrogen (secondary N) is 2. The zero-order valence-corrected chi connectivity index (χ0v) is 17.9. The first-order valence-electron chi connectivity index (χ1n) is 10.8. The number of rotatable bonds is 7. The molecule has 164 valence electrons. The van der Waals surface area contributed by atoms with E-state index in [1.807, 2.05) is 12.1 Å². The molecule has 1 fully saturated rings. The minimum Gasteiger partial charge on any atom is -0.484 e. The Morgan fingerprint density at radius 1 is 1.16 bits per heavy atom. The van der Waals surface area contributed by atoms with Crippen molar-refractivity contribution in [3.05, 3.63) is 59.2 Å². The maximum atomic E-state index is 12.7. The summed E-state index contributed by atoms with van der Waals surface area (Å²) < 4.78 is 11.2. The monoisotopic (exact) mass is 423 g/mol. The number of carbonyl (C=O) groups excluding carboxylic acids is 2. The molecule has 2 heterocycles. The predicted octanol–water partition coefficient (Wildman–Crippen LogP) is 2.45. The molecular weight excluding hydrogens is 394 g/mol. The van der Waals surface area contributed by atoms with Crippen molar-refractivity contribution in [2.45, 2.75) is 25.8 Å². The van der Waals surface area contributed by atoms with Crippen molar-refractivity contribution < 1.29 is 19.1 Å². The molecule has 0 spiro atoms. The third-order valence-corrected chi connectivity index (χ3v) is 5.70. The van der Waals surface area contributed by atoms with Crippen molar-refractivity contribution in [3.63, 3.8) is 0 Å². The summed E-state index contributed by atoms with van der Waals surface area (Å²) in [5, 5.41) is 5.99. The van der Waals surface area contributed by atoms with Gasteiger partial charge in [0.25, 0.3) is 5.91 Å². The first-order valence-corrected chi connectivity index (χ1v) is 10.8. The van der Waals surface area contributed by atoms with Gasteiger partial charge < -0.3 is 20.1 Å². The summed E-state index contributed by atoms with van der Waals surface area (Å²) >= 11 is 0. The fourth-order valence-corrected chi connectivity index (χ4v) is 3.91. The highest BCUT2D eigenvalue weighted by Crippen LogP contribution is 2.26. The highest BCUT2D eigenvalue weighted by atomic mass is 16.5. The minimum absolute atomic E-state index is 0.0305. The molecule has 7 heteroatoms. The van der Waals surface area contributed by atoms with Crippen molar-refractivity contribution >= 4 is 17.5 Å². The van der Waals surface area contributed by atoms with E-state index in [2.05, 4.69) is 46.7 Å². The van der Waals surface area contributed by atoms with E-state index in [4.69, 9.17) is 9.47 Å². The van der Waals surface area contributed by atoms with E-state index in [1.165, 1.54) is 5.56 Å². The maximum absolute atomic E-state index is 12.7. The van der Waals surface area contributed by atoms with Gasteiger partial charge in [0, 0.05) is 31.7 Å². The summed E-state index contributed by atoms with van der Waals surface area (Å²) in [6, 6.07) is 13.7. The number of amides is 2. The number of carbonyl (C=O) groups is 2. The number of anilines is 1. The molecule has 2 N–H and O–H groups in total. The fourth-order valence-electron chi connectivity index (χ4n) is 3.91. The third-order valence-electron chi connectivity index (χ3n) is 5.70. The average molecular weight is 424 g/mol. The molecule has 0 bridgehead atoms. The Hall–Kier alpha value is -2.90. The molecule has 1 saturated heterocycles. The molecule has 0 aliphatic carbocycles. The van der Waals surface area contributed by atoms with Gasteiger partial charge in [0.1, 0.15) is 5.75 Å². The quantitative estimate of drug-likeness (QED) is 0.715. The number of hydrogen-bond donors (Lipinski definition) is 2. The van der Waals surface area contributed by atoms with Crippen molar-refractivity contribution in [3.8, 4) is 5.75 Å². The zero-order valence-electron chi connectivity index (χ0n) is 17.9. The minimum atomic E-state index is -0.162. The van der Waals surface area contributed by atoms with E-state index in [-0.39, 0.29) is 24.5 Å². The lowest BCUT2D eigenvalue weighted by atomic mass is 10.0. The van der Waals surface area contributed by atoms with Crippen LogP contribution in [0.3, 0.4) is 0 Å². The standard InChI is InChI=1S/C24H29N3O4/c1-17-2-4-18(5-3-17)22(15-27-10-12-30-13-11-27)26-24(29)16-31-20-7-8-21-19(14-20)6-9-23(28)25-21/h2-5,7-8,14,22H,6,9-13,15-16H2,1H3,(H,25,28)(H,26,29)/t22-/m0/s1. The van der Waals surface area contributed by atoms with Crippen molar-refractivity contribution in [1.82, 2.24) is 10.2 Å². The van der Waals surface area contributed by atoms with Crippen LogP contribution >= 0.6 is 0 Å². The molecule has 0 radical (unpaired) electrons. The summed E-state index contributed by atoms with van der Waals surface area (Å²) in [4.78, 5) is 26.5. The second kappa shape index (κ2) is 9.94. The van der Waals surface area contributed by atoms with Gasteiger partial charge in [-0.1, -0.05) is 29.8 Å². The number of hydrogen-bond acceptors (Lipinski definition) is 5. The molecule has 7 nitrogen and oxygen atoms in total. The van der Waals surface area contributed by atoms with Crippen LogP contribution in [-0.2, 0) is 20.7 Å². The van der Waals surface area contributed by atoms with Crippen LogP contribution in [-0.4, -0.2) is 56.2 Å². The molecule has 1 atom stereocenters. The number of fused-ring (bicyclic) bond motifs is 1. The lowest BCUT2D eigenvalue weighted by Gasteiger charge is -2.31.